The molecular weight excluding hydrogens is 416 g/mol. The summed E-state index contributed by atoms with van der Waals surface area (Å²) in [5, 5.41) is 2.59. The van der Waals surface area contributed by atoms with Crippen molar-refractivity contribution in [2.24, 2.45) is 0 Å². The van der Waals surface area contributed by atoms with Gasteiger partial charge in [0, 0.05) is 25.9 Å². The van der Waals surface area contributed by atoms with Crippen LogP contribution >= 0.6 is 0 Å². The number of hydrogen-bond acceptors (Lipinski definition) is 7. The number of nitrogens with one attached hydrogen (secondary N) is 1. The highest BCUT2D eigenvalue weighted by Gasteiger charge is 2.37. The molecule has 0 radical (unpaired) electrons. The quantitative estimate of drug-likeness (QED) is 0.465. The van der Waals surface area contributed by atoms with E-state index in [1.165, 1.54) is 17.2 Å². The first-order valence-corrected chi connectivity index (χ1v) is 10.5. The van der Waals surface area contributed by atoms with Crippen LogP contribution in [0.2, 0.25) is 0 Å². The standard InChI is InChI=1S/C23H26N2O7/c1-2-30-21(27)10-5-11-24-20(26)15-32-23(29)18-13-16-7-3-4-8-17(16)14-25(18)22(28)19-9-6-12-31-19/h3-4,6-9,12,18H,2,5,10-11,13-15H2,1H3,(H,24,26). The molecule has 0 fully saturated rings. The number of carbonyl (C=O) groups is 4. The van der Waals surface area contributed by atoms with E-state index in [2.05, 4.69) is 5.32 Å². The maximum atomic E-state index is 12.9. The van der Waals surface area contributed by atoms with Crippen molar-refractivity contribution in [2.45, 2.75) is 38.8 Å². The first-order valence-electron chi connectivity index (χ1n) is 10.5. The lowest BCUT2D eigenvalue weighted by Crippen LogP contribution is -2.49. The molecule has 0 saturated carbocycles. The Hall–Kier alpha value is -3.62. The average Bonchev–Trinajstić information content (AvgIpc) is 3.34. The van der Waals surface area contributed by atoms with Crippen LogP contribution in [0.1, 0.15) is 41.4 Å². The molecule has 32 heavy (non-hydrogen) atoms. The number of hydrogen-bond donors (Lipinski definition) is 1. The molecule has 1 unspecified atom stereocenters. The molecule has 0 spiro atoms. The zero-order chi connectivity index (χ0) is 22.9. The van der Waals surface area contributed by atoms with Gasteiger partial charge in [0.2, 0.25) is 0 Å². The minimum Gasteiger partial charge on any atom is -0.466 e. The van der Waals surface area contributed by atoms with Crippen LogP contribution in [0.5, 0.6) is 0 Å². The van der Waals surface area contributed by atoms with Gasteiger partial charge in [-0.05, 0) is 36.6 Å². The molecular formula is C23H26N2O7. The van der Waals surface area contributed by atoms with Crippen LogP contribution in [0.25, 0.3) is 0 Å². The lowest BCUT2D eigenvalue weighted by atomic mass is 9.93. The summed E-state index contributed by atoms with van der Waals surface area (Å²) in [5.74, 6) is -1.77. The van der Waals surface area contributed by atoms with E-state index in [0.29, 0.717) is 13.0 Å². The molecule has 9 nitrogen and oxygen atoms in total. The van der Waals surface area contributed by atoms with Gasteiger partial charge in [-0.25, -0.2) is 4.79 Å². The number of amides is 2. The molecule has 1 aromatic carbocycles. The van der Waals surface area contributed by atoms with Crippen LogP contribution in [0.4, 0.5) is 0 Å². The highest BCUT2D eigenvalue weighted by atomic mass is 16.5. The van der Waals surface area contributed by atoms with Crippen LogP contribution in [0.15, 0.2) is 47.1 Å². The SMILES string of the molecule is CCOC(=O)CCCNC(=O)COC(=O)C1Cc2ccccc2CN1C(=O)c1ccco1. The van der Waals surface area contributed by atoms with E-state index in [4.69, 9.17) is 13.9 Å². The van der Waals surface area contributed by atoms with E-state index < -0.39 is 30.4 Å². The summed E-state index contributed by atoms with van der Waals surface area (Å²) in [7, 11) is 0. The van der Waals surface area contributed by atoms with Gasteiger partial charge in [0.1, 0.15) is 6.04 Å². The van der Waals surface area contributed by atoms with Gasteiger partial charge >= 0.3 is 11.9 Å². The zero-order valence-electron chi connectivity index (χ0n) is 17.9. The molecule has 1 atom stereocenters. The van der Waals surface area contributed by atoms with Crippen LogP contribution in [0, 0.1) is 0 Å². The minimum atomic E-state index is -0.876. The molecule has 9 heteroatoms. The van der Waals surface area contributed by atoms with Crippen molar-refractivity contribution in [1.82, 2.24) is 10.2 Å². The van der Waals surface area contributed by atoms with Crippen molar-refractivity contribution in [3.05, 3.63) is 59.5 Å². The Balaban J connectivity index is 1.56. The maximum absolute atomic E-state index is 12.9. The van der Waals surface area contributed by atoms with Crippen molar-refractivity contribution in [2.75, 3.05) is 19.8 Å². The first-order chi connectivity index (χ1) is 15.5. The molecule has 0 bridgehead atoms. The monoisotopic (exact) mass is 442 g/mol. The van der Waals surface area contributed by atoms with Gasteiger partial charge in [0.25, 0.3) is 11.8 Å². The third-order valence-corrected chi connectivity index (χ3v) is 5.04. The third-order valence-electron chi connectivity index (χ3n) is 5.04. The number of fused-ring (bicyclic) bond motifs is 1. The molecule has 1 aliphatic heterocycles. The number of esters is 2. The highest BCUT2D eigenvalue weighted by Crippen LogP contribution is 2.26. The smallest absolute Gasteiger partial charge is 0.329 e. The second-order valence-electron chi connectivity index (χ2n) is 7.27. The van der Waals surface area contributed by atoms with Crippen molar-refractivity contribution in [3.63, 3.8) is 0 Å². The molecule has 1 N–H and O–H groups in total. The van der Waals surface area contributed by atoms with Crippen molar-refractivity contribution >= 4 is 23.8 Å². The second-order valence-corrected chi connectivity index (χ2v) is 7.27. The van der Waals surface area contributed by atoms with Crippen LogP contribution in [-0.2, 0) is 36.8 Å². The molecule has 0 aliphatic carbocycles. The van der Waals surface area contributed by atoms with E-state index in [0.717, 1.165) is 11.1 Å². The number of benzene rings is 1. The molecule has 2 aromatic rings. The van der Waals surface area contributed by atoms with Crippen molar-refractivity contribution in [1.29, 1.82) is 0 Å². The van der Waals surface area contributed by atoms with Crippen LogP contribution in [0.3, 0.4) is 0 Å². The summed E-state index contributed by atoms with van der Waals surface area (Å²) in [6.45, 7) is 2.05. The van der Waals surface area contributed by atoms with E-state index in [-0.39, 0.29) is 37.7 Å². The highest BCUT2D eigenvalue weighted by molar-refractivity contribution is 5.95. The van der Waals surface area contributed by atoms with Crippen LogP contribution < -0.4 is 5.32 Å². The summed E-state index contributed by atoms with van der Waals surface area (Å²) in [6.07, 6.45) is 2.29. The molecule has 0 saturated heterocycles. The van der Waals surface area contributed by atoms with Gasteiger partial charge in [-0.3, -0.25) is 14.4 Å². The third kappa shape index (κ3) is 5.96. The van der Waals surface area contributed by atoms with Crippen LogP contribution in [-0.4, -0.2) is 54.5 Å². The first kappa shape index (κ1) is 23.1. The molecule has 1 aliphatic rings. The predicted octanol–water partition coefficient (Wildman–Crippen LogP) is 1.85. The summed E-state index contributed by atoms with van der Waals surface area (Å²) in [6, 6.07) is 9.82. The molecule has 1 aromatic heterocycles. The molecule has 2 heterocycles. The van der Waals surface area contributed by atoms with Gasteiger partial charge < -0.3 is 24.1 Å². The fraction of sp³-hybridized carbons (Fsp3) is 0.391. The Morgan fingerprint density at radius 1 is 1.09 bits per heavy atom. The molecule has 170 valence electrons. The summed E-state index contributed by atoms with van der Waals surface area (Å²) < 4.78 is 15.2. The maximum Gasteiger partial charge on any atom is 0.329 e. The van der Waals surface area contributed by atoms with Gasteiger partial charge in [-0.15, -0.1) is 0 Å². The van der Waals surface area contributed by atoms with Gasteiger partial charge in [0.15, 0.2) is 12.4 Å². The van der Waals surface area contributed by atoms with Gasteiger partial charge in [-0.2, -0.15) is 0 Å². The number of nitrogens with zero attached hydrogens (tertiary/aromatic N) is 1. The Labute approximate surface area is 185 Å². The van der Waals surface area contributed by atoms with E-state index in [9.17, 15) is 19.2 Å². The Kier molecular flexibility index (Phi) is 8.02. The fourth-order valence-corrected chi connectivity index (χ4v) is 3.47. The van der Waals surface area contributed by atoms with E-state index in [1.807, 2.05) is 24.3 Å². The van der Waals surface area contributed by atoms with Gasteiger partial charge in [0.05, 0.1) is 12.9 Å². The lowest BCUT2D eigenvalue weighted by molar-refractivity contribution is -0.153. The van der Waals surface area contributed by atoms with Crippen molar-refractivity contribution < 1.29 is 33.1 Å². The normalized spacial score (nSPS) is 14.9. The Morgan fingerprint density at radius 2 is 1.88 bits per heavy atom. The second kappa shape index (κ2) is 11.1. The average molecular weight is 442 g/mol. The van der Waals surface area contributed by atoms with Gasteiger partial charge in [-0.1, -0.05) is 24.3 Å². The fourth-order valence-electron chi connectivity index (χ4n) is 3.47. The minimum absolute atomic E-state index is 0.126. The summed E-state index contributed by atoms with van der Waals surface area (Å²) in [5.41, 5.74) is 1.89. The topological polar surface area (TPSA) is 115 Å². The summed E-state index contributed by atoms with van der Waals surface area (Å²) >= 11 is 0. The lowest BCUT2D eigenvalue weighted by Gasteiger charge is -2.34. The number of carbonyl (C=O) groups excluding carboxylic acids is 4. The number of rotatable bonds is 9. The zero-order valence-corrected chi connectivity index (χ0v) is 17.9. The largest absolute Gasteiger partial charge is 0.466 e. The molecule has 2 amide bonds. The predicted molar refractivity (Wildman–Crippen MR) is 112 cm³/mol. The summed E-state index contributed by atoms with van der Waals surface area (Å²) in [4.78, 5) is 50.4. The van der Waals surface area contributed by atoms with Crippen molar-refractivity contribution in [3.8, 4) is 0 Å². The Bertz CT molecular complexity index is 955. The number of ether oxygens (including phenoxy) is 2. The Morgan fingerprint density at radius 3 is 2.59 bits per heavy atom. The molecule has 3 rings (SSSR count). The number of furan rings is 1. The van der Waals surface area contributed by atoms with E-state index in [1.54, 1.807) is 13.0 Å². The van der Waals surface area contributed by atoms with E-state index >= 15 is 0 Å².